The smallest absolute Gasteiger partial charge is 0.306 e. The van der Waals surface area contributed by atoms with Crippen LogP contribution < -0.4 is 0 Å². The highest BCUT2D eigenvalue weighted by Gasteiger charge is 2.19. The molecule has 0 rings (SSSR count). The number of hydrogen-bond donors (Lipinski definition) is 0. The van der Waals surface area contributed by atoms with Gasteiger partial charge in [-0.1, -0.05) is 238 Å². The molecule has 0 aliphatic carbocycles. The SMILES string of the molecule is CCCC/C=C\CCCCCCC(=O)OCC(COC(=O)CCCCCCCCCCCCCCCCC)OC(=O)CCCCCCCCCCCCCCCCC. The molecule has 1 unspecified atom stereocenters. The summed E-state index contributed by atoms with van der Waals surface area (Å²) in [6.45, 7) is 6.62. The van der Waals surface area contributed by atoms with Gasteiger partial charge in [0.15, 0.2) is 6.10 Å². The molecule has 6 nitrogen and oxygen atoms in total. The van der Waals surface area contributed by atoms with E-state index >= 15 is 0 Å². The molecule has 0 aromatic heterocycles. The van der Waals surface area contributed by atoms with Crippen molar-refractivity contribution in [1.29, 1.82) is 0 Å². The number of rotatable bonds is 47. The monoisotopic (exact) mass is 819 g/mol. The Kier molecular flexibility index (Phi) is 46.3. The fourth-order valence-corrected chi connectivity index (χ4v) is 7.60. The van der Waals surface area contributed by atoms with E-state index in [-0.39, 0.29) is 31.1 Å². The summed E-state index contributed by atoms with van der Waals surface area (Å²) in [5.74, 6) is -0.866. The molecule has 0 heterocycles. The topological polar surface area (TPSA) is 78.9 Å². The number of carbonyl (C=O) groups is 3. The van der Waals surface area contributed by atoms with E-state index in [1.54, 1.807) is 0 Å². The minimum absolute atomic E-state index is 0.0682. The number of carbonyl (C=O) groups excluding carboxylic acids is 3. The van der Waals surface area contributed by atoms with Crippen LogP contribution in [0.3, 0.4) is 0 Å². The van der Waals surface area contributed by atoms with Crippen molar-refractivity contribution >= 4 is 17.9 Å². The van der Waals surface area contributed by atoms with E-state index in [0.29, 0.717) is 19.3 Å². The molecule has 0 radical (unpaired) electrons. The molecule has 0 aromatic rings. The highest BCUT2D eigenvalue weighted by Crippen LogP contribution is 2.16. The second-order valence-electron chi connectivity index (χ2n) is 17.4. The second kappa shape index (κ2) is 47.8. The Bertz CT molecular complexity index is 900. The third-order valence-electron chi connectivity index (χ3n) is 11.5. The van der Waals surface area contributed by atoms with Crippen LogP contribution in [-0.4, -0.2) is 37.2 Å². The van der Waals surface area contributed by atoms with Crippen LogP contribution >= 0.6 is 0 Å². The number of esters is 3. The first-order valence-corrected chi connectivity index (χ1v) is 25.7. The van der Waals surface area contributed by atoms with Gasteiger partial charge in [0.1, 0.15) is 13.2 Å². The largest absolute Gasteiger partial charge is 0.462 e. The molecule has 0 aromatic carbocycles. The Balaban J connectivity index is 4.30. The van der Waals surface area contributed by atoms with Crippen molar-refractivity contribution in [3.05, 3.63) is 12.2 Å². The third kappa shape index (κ3) is 45.2. The molecule has 6 heteroatoms. The summed E-state index contributed by atoms with van der Waals surface area (Å²) in [6.07, 6.45) is 51.9. The average molecular weight is 819 g/mol. The Labute approximate surface area is 360 Å². The Morgan fingerprint density at radius 1 is 0.328 bits per heavy atom. The first kappa shape index (κ1) is 56.1. The van der Waals surface area contributed by atoms with Gasteiger partial charge >= 0.3 is 17.9 Å². The summed E-state index contributed by atoms with van der Waals surface area (Å²) >= 11 is 0. The number of hydrogen-bond acceptors (Lipinski definition) is 6. The lowest BCUT2D eigenvalue weighted by Gasteiger charge is -2.18. The van der Waals surface area contributed by atoms with Gasteiger partial charge in [-0.3, -0.25) is 14.4 Å². The molecule has 0 amide bonds. The highest BCUT2D eigenvalue weighted by molar-refractivity contribution is 5.71. The molecule has 342 valence electrons. The fourth-order valence-electron chi connectivity index (χ4n) is 7.60. The normalized spacial score (nSPS) is 12.0. The zero-order valence-corrected chi connectivity index (χ0v) is 39.1. The van der Waals surface area contributed by atoms with Gasteiger partial charge in [-0.25, -0.2) is 0 Å². The maximum Gasteiger partial charge on any atom is 0.306 e. The van der Waals surface area contributed by atoms with Crippen LogP contribution in [0.5, 0.6) is 0 Å². The first-order chi connectivity index (χ1) is 28.5. The maximum absolute atomic E-state index is 12.8. The molecule has 0 bridgehead atoms. The fraction of sp³-hybridized carbons (Fsp3) is 0.904. The van der Waals surface area contributed by atoms with E-state index in [1.165, 1.54) is 167 Å². The van der Waals surface area contributed by atoms with Crippen molar-refractivity contribution in [2.24, 2.45) is 0 Å². The Hall–Kier alpha value is -1.85. The van der Waals surface area contributed by atoms with Gasteiger partial charge in [-0.05, 0) is 38.5 Å². The highest BCUT2D eigenvalue weighted by atomic mass is 16.6. The van der Waals surface area contributed by atoms with E-state index in [9.17, 15) is 14.4 Å². The summed E-state index contributed by atoms with van der Waals surface area (Å²) in [5, 5.41) is 0. The molecular formula is C52H98O6. The summed E-state index contributed by atoms with van der Waals surface area (Å²) in [7, 11) is 0. The summed E-state index contributed by atoms with van der Waals surface area (Å²) in [6, 6.07) is 0. The molecule has 0 saturated carbocycles. The van der Waals surface area contributed by atoms with Gasteiger partial charge in [-0.2, -0.15) is 0 Å². The Morgan fingerprint density at radius 2 is 0.586 bits per heavy atom. The predicted octanol–water partition coefficient (Wildman–Crippen LogP) is 16.6. The van der Waals surface area contributed by atoms with E-state index < -0.39 is 6.10 Å². The lowest BCUT2D eigenvalue weighted by Crippen LogP contribution is -2.30. The van der Waals surface area contributed by atoms with Crippen LogP contribution in [0.15, 0.2) is 12.2 Å². The third-order valence-corrected chi connectivity index (χ3v) is 11.5. The van der Waals surface area contributed by atoms with Crippen LogP contribution in [0.1, 0.15) is 284 Å². The molecular weight excluding hydrogens is 721 g/mol. The van der Waals surface area contributed by atoms with E-state index in [0.717, 1.165) is 77.0 Å². The van der Waals surface area contributed by atoms with Crippen LogP contribution in [0.4, 0.5) is 0 Å². The molecule has 0 N–H and O–H groups in total. The first-order valence-electron chi connectivity index (χ1n) is 25.7. The van der Waals surface area contributed by atoms with Crippen molar-refractivity contribution in [3.8, 4) is 0 Å². The summed E-state index contributed by atoms with van der Waals surface area (Å²) in [5.41, 5.74) is 0. The number of ether oxygens (including phenoxy) is 3. The van der Waals surface area contributed by atoms with E-state index in [4.69, 9.17) is 14.2 Å². The minimum Gasteiger partial charge on any atom is -0.462 e. The molecule has 0 aliphatic rings. The van der Waals surface area contributed by atoms with Gasteiger partial charge in [0.25, 0.3) is 0 Å². The lowest BCUT2D eigenvalue weighted by atomic mass is 10.0. The zero-order chi connectivity index (χ0) is 42.3. The standard InChI is InChI=1S/C52H98O6/c1-4-7-10-13-16-19-22-24-26-28-30-33-36-39-42-45-51(54)57-48-49(47-56-50(53)44-41-38-35-32-21-18-15-12-9-6-3)58-52(55)46-43-40-37-34-31-29-27-25-23-20-17-14-11-8-5-2/h15,18,49H,4-14,16-17,19-48H2,1-3H3/b18-15-. The molecule has 0 fully saturated rings. The van der Waals surface area contributed by atoms with Crippen molar-refractivity contribution in [1.82, 2.24) is 0 Å². The van der Waals surface area contributed by atoms with Gasteiger partial charge in [0.2, 0.25) is 0 Å². The summed E-state index contributed by atoms with van der Waals surface area (Å²) in [4.78, 5) is 37.9. The molecule has 0 spiro atoms. The van der Waals surface area contributed by atoms with Gasteiger partial charge in [0, 0.05) is 19.3 Å². The van der Waals surface area contributed by atoms with E-state index in [1.807, 2.05) is 0 Å². The van der Waals surface area contributed by atoms with Gasteiger partial charge in [0.05, 0.1) is 0 Å². The van der Waals surface area contributed by atoms with Crippen molar-refractivity contribution in [3.63, 3.8) is 0 Å². The number of allylic oxidation sites excluding steroid dienone is 2. The van der Waals surface area contributed by atoms with Crippen molar-refractivity contribution in [2.75, 3.05) is 13.2 Å². The molecule has 58 heavy (non-hydrogen) atoms. The van der Waals surface area contributed by atoms with Gasteiger partial charge < -0.3 is 14.2 Å². The number of unbranched alkanes of at least 4 members (excludes halogenated alkanes) is 34. The molecule has 0 aliphatic heterocycles. The zero-order valence-electron chi connectivity index (χ0n) is 39.1. The van der Waals surface area contributed by atoms with Crippen LogP contribution in [0.2, 0.25) is 0 Å². The molecule has 0 saturated heterocycles. The average Bonchev–Trinajstić information content (AvgIpc) is 3.22. The van der Waals surface area contributed by atoms with E-state index in [2.05, 4.69) is 32.9 Å². The van der Waals surface area contributed by atoms with Crippen molar-refractivity contribution < 1.29 is 28.6 Å². The second-order valence-corrected chi connectivity index (χ2v) is 17.4. The summed E-state index contributed by atoms with van der Waals surface area (Å²) < 4.78 is 16.8. The lowest BCUT2D eigenvalue weighted by molar-refractivity contribution is -0.167. The van der Waals surface area contributed by atoms with Crippen LogP contribution in [0, 0.1) is 0 Å². The van der Waals surface area contributed by atoms with Crippen LogP contribution in [0.25, 0.3) is 0 Å². The van der Waals surface area contributed by atoms with Gasteiger partial charge in [-0.15, -0.1) is 0 Å². The quantitative estimate of drug-likeness (QED) is 0.0263. The maximum atomic E-state index is 12.8. The van der Waals surface area contributed by atoms with Crippen LogP contribution in [-0.2, 0) is 28.6 Å². The molecule has 1 atom stereocenters. The predicted molar refractivity (Wildman–Crippen MR) is 247 cm³/mol. The minimum atomic E-state index is -0.766. The Morgan fingerprint density at radius 3 is 0.914 bits per heavy atom. The van der Waals surface area contributed by atoms with Crippen molar-refractivity contribution in [2.45, 2.75) is 290 Å².